The van der Waals surface area contributed by atoms with Gasteiger partial charge < -0.3 is 5.32 Å². The van der Waals surface area contributed by atoms with E-state index in [1.165, 1.54) is 28.0 Å². The van der Waals surface area contributed by atoms with E-state index in [0.717, 1.165) is 17.5 Å². The van der Waals surface area contributed by atoms with Crippen molar-refractivity contribution in [2.24, 2.45) is 7.05 Å². The summed E-state index contributed by atoms with van der Waals surface area (Å²) in [6.07, 6.45) is 0. The first-order valence-corrected chi connectivity index (χ1v) is 11.4. The van der Waals surface area contributed by atoms with Gasteiger partial charge in [0.05, 0.1) is 22.4 Å². The van der Waals surface area contributed by atoms with Crippen molar-refractivity contribution in [3.8, 4) is 11.8 Å². The first kappa shape index (κ1) is 21.8. The number of fused-ring (bicyclic) bond motifs is 1. The van der Waals surface area contributed by atoms with Gasteiger partial charge in [-0.3, -0.25) is 18.7 Å². The molecule has 0 aliphatic rings. The number of nitrogens with one attached hydrogen (secondary N) is 1. The highest BCUT2D eigenvalue weighted by Gasteiger charge is 2.21. The third-order valence-corrected chi connectivity index (χ3v) is 6.98. The van der Waals surface area contributed by atoms with Crippen molar-refractivity contribution in [3.63, 3.8) is 0 Å². The molecular formula is C22H18FN5O2S2. The Labute approximate surface area is 191 Å². The molecule has 0 atom stereocenters. The number of nitriles is 1. The van der Waals surface area contributed by atoms with Crippen molar-refractivity contribution in [2.75, 3.05) is 11.1 Å². The van der Waals surface area contributed by atoms with E-state index < -0.39 is 5.82 Å². The van der Waals surface area contributed by atoms with E-state index in [2.05, 4.69) is 16.4 Å². The summed E-state index contributed by atoms with van der Waals surface area (Å²) < 4.78 is 16.9. The van der Waals surface area contributed by atoms with E-state index in [9.17, 15) is 19.2 Å². The molecule has 1 amide bonds. The first-order valence-electron chi connectivity index (χ1n) is 9.56. The van der Waals surface area contributed by atoms with Gasteiger partial charge in [0, 0.05) is 12.7 Å². The largest absolute Gasteiger partial charge is 0.310 e. The molecule has 4 rings (SSSR count). The van der Waals surface area contributed by atoms with Gasteiger partial charge in [0.2, 0.25) is 5.91 Å². The lowest BCUT2D eigenvalue weighted by atomic mass is 10.2. The molecule has 7 nitrogen and oxygen atoms in total. The fourth-order valence-electron chi connectivity index (χ4n) is 3.41. The molecule has 0 spiro atoms. The van der Waals surface area contributed by atoms with E-state index in [-0.39, 0.29) is 23.0 Å². The second-order valence-corrected chi connectivity index (χ2v) is 8.93. The minimum atomic E-state index is -0.421. The molecule has 0 radical (unpaired) electrons. The average molecular weight is 468 g/mol. The van der Waals surface area contributed by atoms with Crippen molar-refractivity contribution in [1.82, 2.24) is 14.1 Å². The highest BCUT2D eigenvalue weighted by molar-refractivity contribution is 7.99. The number of rotatable bonds is 5. The molecule has 32 heavy (non-hydrogen) atoms. The van der Waals surface area contributed by atoms with Crippen molar-refractivity contribution in [1.29, 1.82) is 5.26 Å². The van der Waals surface area contributed by atoms with Crippen LogP contribution in [0.2, 0.25) is 0 Å². The van der Waals surface area contributed by atoms with Crippen LogP contribution in [-0.2, 0) is 11.8 Å². The number of anilines is 1. The van der Waals surface area contributed by atoms with Gasteiger partial charge in [-0.15, -0.1) is 11.3 Å². The van der Waals surface area contributed by atoms with Crippen molar-refractivity contribution in [3.05, 3.63) is 68.7 Å². The summed E-state index contributed by atoms with van der Waals surface area (Å²) in [6.45, 7) is 3.59. The predicted molar refractivity (Wildman–Crippen MR) is 124 cm³/mol. The number of amides is 1. The van der Waals surface area contributed by atoms with Gasteiger partial charge in [-0.05, 0) is 49.1 Å². The number of thioether (sulfide) groups is 1. The van der Waals surface area contributed by atoms with E-state index in [0.29, 0.717) is 32.2 Å². The zero-order valence-corrected chi connectivity index (χ0v) is 19.1. The summed E-state index contributed by atoms with van der Waals surface area (Å²) in [7, 11) is 1.61. The normalized spacial score (nSPS) is 11.0. The van der Waals surface area contributed by atoms with Crippen LogP contribution in [-0.4, -0.2) is 25.8 Å². The standard InChI is InChI=1S/C22H18FN5O2S2/c1-12-13(2)28(15-6-4-5-14(23)9-15)19(17(12)10-24)25-18(29)11-32-22-26-20-16(7-8-31-20)21(30)27(22)3/h4-9H,11H2,1-3H3,(H,25,29). The van der Waals surface area contributed by atoms with Crippen LogP contribution in [0.25, 0.3) is 15.9 Å². The van der Waals surface area contributed by atoms with Crippen LogP contribution in [0.4, 0.5) is 10.2 Å². The molecule has 4 aromatic rings. The van der Waals surface area contributed by atoms with E-state index in [4.69, 9.17) is 0 Å². The molecule has 0 aliphatic heterocycles. The topological polar surface area (TPSA) is 92.7 Å². The fourth-order valence-corrected chi connectivity index (χ4v) is 4.98. The van der Waals surface area contributed by atoms with Crippen LogP contribution in [0.1, 0.15) is 16.8 Å². The number of thiophene rings is 1. The van der Waals surface area contributed by atoms with Crippen LogP contribution in [0.15, 0.2) is 45.7 Å². The van der Waals surface area contributed by atoms with Gasteiger partial charge in [-0.1, -0.05) is 17.8 Å². The molecule has 0 saturated heterocycles. The Morgan fingerprint density at radius 1 is 1.34 bits per heavy atom. The Kier molecular flexibility index (Phi) is 5.86. The monoisotopic (exact) mass is 467 g/mol. The van der Waals surface area contributed by atoms with Gasteiger partial charge in [-0.2, -0.15) is 5.26 Å². The summed E-state index contributed by atoms with van der Waals surface area (Å²) in [4.78, 5) is 30.3. The van der Waals surface area contributed by atoms with Crippen molar-refractivity contribution >= 4 is 45.0 Å². The number of carbonyl (C=O) groups excluding carboxylic acids is 1. The molecular weight excluding hydrogens is 449 g/mol. The smallest absolute Gasteiger partial charge is 0.262 e. The molecule has 0 fully saturated rings. The quantitative estimate of drug-likeness (QED) is 0.352. The Bertz CT molecular complexity index is 1460. The number of nitrogens with zero attached hydrogens (tertiary/aromatic N) is 4. The molecule has 162 valence electrons. The molecule has 0 bridgehead atoms. The summed E-state index contributed by atoms with van der Waals surface area (Å²) in [5.41, 5.74) is 2.07. The average Bonchev–Trinajstić information content (AvgIpc) is 3.32. The highest BCUT2D eigenvalue weighted by atomic mass is 32.2. The van der Waals surface area contributed by atoms with Gasteiger partial charge in [0.25, 0.3) is 5.56 Å². The number of hydrogen-bond acceptors (Lipinski definition) is 6. The maximum atomic E-state index is 13.8. The summed E-state index contributed by atoms with van der Waals surface area (Å²) in [5, 5.41) is 15.2. The van der Waals surface area contributed by atoms with Crippen LogP contribution in [0.3, 0.4) is 0 Å². The Hall–Kier alpha value is -3.42. The third-order valence-electron chi connectivity index (χ3n) is 5.15. The summed E-state index contributed by atoms with van der Waals surface area (Å²) >= 11 is 2.49. The minimum Gasteiger partial charge on any atom is -0.310 e. The van der Waals surface area contributed by atoms with E-state index >= 15 is 0 Å². The first-order chi connectivity index (χ1) is 15.3. The molecule has 10 heteroatoms. The minimum absolute atomic E-state index is 0.0194. The number of aromatic nitrogens is 3. The third kappa shape index (κ3) is 3.81. The van der Waals surface area contributed by atoms with E-state index in [1.807, 2.05) is 0 Å². The fraction of sp³-hybridized carbons (Fsp3) is 0.182. The maximum Gasteiger partial charge on any atom is 0.262 e. The lowest BCUT2D eigenvalue weighted by molar-refractivity contribution is -0.113. The van der Waals surface area contributed by atoms with Crippen LogP contribution >= 0.6 is 23.1 Å². The number of carbonyl (C=O) groups is 1. The lowest BCUT2D eigenvalue weighted by Gasteiger charge is -2.13. The van der Waals surface area contributed by atoms with Crippen LogP contribution in [0.5, 0.6) is 0 Å². The molecule has 1 N–H and O–H groups in total. The molecule has 0 unspecified atom stereocenters. The van der Waals surface area contributed by atoms with Crippen molar-refractivity contribution in [2.45, 2.75) is 19.0 Å². The summed E-state index contributed by atoms with van der Waals surface area (Å²) in [5.74, 6) is -0.527. The lowest BCUT2D eigenvalue weighted by Crippen LogP contribution is -2.21. The number of benzene rings is 1. The Morgan fingerprint density at radius 3 is 2.84 bits per heavy atom. The van der Waals surface area contributed by atoms with Gasteiger partial charge >= 0.3 is 0 Å². The number of halogens is 1. The Morgan fingerprint density at radius 2 is 2.12 bits per heavy atom. The van der Waals surface area contributed by atoms with Gasteiger partial charge in [-0.25, -0.2) is 9.37 Å². The molecule has 3 heterocycles. The SMILES string of the molecule is Cc1c(C#N)c(NC(=O)CSc2nc3sccc3c(=O)n2C)n(-c2cccc(F)c2)c1C. The van der Waals surface area contributed by atoms with E-state index in [1.54, 1.807) is 49.0 Å². The zero-order valence-electron chi connectivity index (χ0n) is 17.5. The van der Waals surface area contributed by atoms with Crippen LogP contribution < -0.4 is 10.9 Å². The van der Waals surface area contributed by atoms with Gasteiger partial charge in [0.1, 0.15) is 22.5 Å². The molecule has 0 saturated carbocycles. The predicted octanol–water partition coefficient (Wildman–Crippen LogP) is 4.14. The Balaban J connectivity index is 1.63. The second kappa shape index (κ2) is 8.61. The zero-order chi connectivity index (χ0) is 23.0. The molecule has 1 aromatic carbocycles. The number of hydrogen-bond donors (Lipinski definition) is 1. The molecule has 0 aliphatic carbocycles. The highest BCUT2D eigenvalue weighted by Crippen LogP contribution is 2.30. The van der Waals surface area contributed by atoms with Gasteiger partial charge in [0.15, 0.2) is 5.16 Å². The van der Waals surface area contributed by atoms with Crippen LogP contribution in [0, 0.1) is 31.0 Å². The molecule has 3 aromatic heterocycles. The maximum absolute atomic E-state index is 13.8. The van der Waals surface area contributed by atoms with Crippen molar-refractivity contribution < 1.29 is 9.18 Å². The summed E-state index contributed by atoms with van der Waals surface area (Å²) in [6, 6.07) is 9.80. The second-order valence-electron chi connectivity index (χ2n) is 7.10.